The van der Waals surface area contributed by atoms with Gasteiger partial charge in [0.2, 0.25) is 5.88 Å². The number of ether oxygens (including phenoxy) is 1. The largest absolute Gasteiger partial charge is 0.481 e. The predicted molar refractivity (Wildman–Crippen MR) is 58.4 cm³/mol. The molecule has 0 N–H and O–H groups in total. The molecular formula is C11H11N3O2. The number of aldehydes is 1. The molecule has 0 unspecified atom stereocenters. The minimum absolute atomic E-state index is 0.332. The molecule has 0 saturated heterocycles. The van der Waals surface area contributed by atoms with Crippen molar-refractivity contribution in [2.75, 3.05) is 7.11 Å². The SMILES string of the molecule is COc1ccc(-c2cn(C)cn2)c(C=O)n1. The molecule has 2 aromatic rings. The van der Waals surface area contributed by atoms with Gasteiger partial charge in [0, 0.05) is 24.9 Å². The molecular weight excluding hydrogens is 206 g/mol. The summed E-state index contributed by atoms with van der Waals surface area (Å²) in [4.78, 5) is 19.2. The van der Waals surface area contributed by atoms with Crippen LogP contribution in [-0.2, 0) is 7.05 Å². The van der Waals surface area contributed by atoms with E-state index in [-0.39, 0.29) is 0 Å². The molecule has 0 aliphatic heterocycles. The fourth-order valence-electron chi connectivity index (χ4n) is 1.43. The van der Waals surface area contributed by atoms with Crippen LogP contribution in [0.25, 0.3) is 11.3 Å². The van der Waals surface area contributed by atoms with Crippen LogP contribution >= 0.6 is 0 Å². The average molecular weight is 217 g/mol. The van der Waals surface area contributed by atoms with Gasteiger partial charge < -0.3 is 9.30 Å². The number of rotatable bonds is 3. The second-order valence-electron chi connectivity index (χ2n) is 3.33. The molecule has 0 atom stereocenters. The van der Waals surface area contributed by atoms with E-state index in [1.165, 1.54) is 7.11 Å². The molecule has 0 aliphatic carbocycles. The number of methoxy groups -OCH3 is 1. The summed E-state index contributed by atoms with van der Waals surface area (Å²) in [6.07, 6.45) is 4.21. The van der Waals surface area contributed by atoms with Crippen molar-refractivity contribution >= 4 is 6.29 Å². The standard InChI is InChI=1S/C11H11N3O2/c1-14-5-9(12-7-14)8-3-4-11(16-2)13-10(8)6-15/h3-7H,1-2H3. The first-order chi connectivity index (χ1) is 7.74. The van der Waals surface area contributed by atoms with Crippen molar-refractivity contribution in [3.63, 3.8) is 0 Å². The molecule has 0 aromatic carbocycles. The summed E-state index contributed by atoms with van der Waals surface area (Å²) < 4.78 is 6.77. The van der Waals surface area contributed by atoms with Crippen LogP contribution in [0.4, 0.5) is 0 Å². The zero-order valence-corrected chi connectivity index (χ0v) is 9.04. The fourth-order valence-corrected chi connectivity index (χ4v) is 1.43. The topological polar surface area (TPSA) is 57.0 Å². The van der Waals surface area contributed by atoms with Crippen LogP contribution in [0.1, 0.15) is 10.5 Å². The third-order valence-electron chi connectivity index (χ3n) is 2.20. The van der Waals surface area contributed by atoms with Crippen molar-refractivity contribution < 1.29 is 9.53 Å². The van der Waals surface area contributed by atoms with Crippen LogP contribution in [-0.4, -0.2) is 27.9 Å². The number of aryl methyl sites for hydroxylation is 1. The smallest absolute Gasteiger partial charge is 0.213 e. The number of carbonyl (C=O) groups excluding carboxylic acids is 1. The van der Waals surface area contributed by atoms with Gasteiger partial charge >= 0.3 is 0 Å². The highest BCUT2D eigenvalue weighted by molar-refractivity contribution is 5.84. The maximum absolute atomic E-state index is 10.9. The Morgan fingerprint density at radius 3 is 2.81 bits per heavy atom. The van der Waals surface area contributed by atoms with Crippen molar-refractivity contribution in [2.45, 2.75) is 0 Å². The first kappa shape index (κ1) is 10.4. The molecule has 0 bridgehead atoms. The van der Waals surface area contributed by atoms with Gasteiger partial charge in [-0.1, -0.05) is 0 Å². The van der Waals surface area contributed by atoms with E-state index in [0.717, 1.165) is 5.69 Å². The minimum atomic E-state index is 0.332. The lowest BCUT2D eigenvalue weighted by atomic mass is 10.1. The third kappa shape index (κ3) is 1.79. The highest BCUT2D eigenvalue weighted by Gasteiger charge is 2.09. The first-order valence-corrected chi connectivity index (χ1v) is 4.73. The predicted octanol–water partition coefficient (Wildman–Crippen LogP) is 1.30. The van der Waals surface area contributed by atoms with Gasteiger partial charge in [-0.15, -0.1) is 0 Å². The molecule has 0 aliphatic rings. The van der Waals surface area contributed by atoms with Gasteiger partial charge in [-0.25, -0.2) is 9.97 Å². The molecule has 82 valence electrons. The van der Waals surface area contributed by atoms with E-state index < -0.39 is 0 Å². The summed E-state index contributed by atoms with van der Waals surface area (Å²) in [5.74, 6) is 0.418. The van der Waals surface area contributed by atoms with E-state index in [9.17, 15) is 4.79 Å². The van der Waals surface area contributed by atoms with E-state index >= 15 is 0 Å². The maximum Gasteiger partial charge on any atom is 0.213 e. The number of carbonyl (C=O) groups is 1. The van der Waals surface area contributed by atoms with Crippen LogP contribution in [0.5, 0.6) is 5.88 Å². The van der Waals surface area contributed by atoms with Crippen molar-refractivity contribution in [3.05, 3.63) is 30.4 Å². The Labute approximate surface area is 92.7 Å². The van der Waals surface area contributed by atoms with E-state index in [1.54, 1.807) is 18.5 Å². The molecule has 0 spiro atoms. The lowest BCUT2D eigenvalue weighted by Gasteiger charge is -2.03. The number of imidazole rings is 1. The number of hydrogen-bond donors (Lipinski definition) is 0. The zero-order valence-electron chi connectivity index (χ0n) is 9.04. The maximum atomic E-state index is 10.9. The Bertz CT molecular complexity index is 520. The van der Waals surface area contributed by atoms with Crippen molar-refractivity contribution in [2.24, 2.45) is 7.05 Å². The summed E-state index contributed by atoms with van der Waals surface area (Å²) in [6.45, 7) is 0. The first-order valence-electron chi connectivity index (χ1n) is 4.73. The Balaban J connectivity index is 2.52. The summed E-state index contributed by atoms with van der Waals surface area (Å²) in [7, 11) is 3.38. The Kier molecular flexibility index (Phi) is 2.68. The van der Waals surface area contributed by atoms with Crippen LogP contribution in [0.15, 0.2) is 24.7 Å². The van der Waals surface area contributed by atoms with Crippen molar-refractivity contribution in [1.82, 2.24) is 14.5 Å². The summed E-state index contributed by atoms with van der Waals surface area (Å²) in [5.41, 5.74) is 1.76. The van der Waals surface area contributed by atoms with Crippen LogP contribution < -0.4 is 4.74 Å². The lowest BCUT2D eigenvalue weighted by molar-refractivity contribution is 0.111. The molecule has 2 rings (SSSR count). The molecule has 16 heavy (non-hydrogen) atoms. The highest BCUT2D eigenvalue weighted by Crippen LogP contribution is 2.21. The zero-order chi connectivity index (χ0) is 11.5. The average Bonchev–Trinajstić information content (AvgIpc) is 2.74. The van der Waals surface area contributed by atoms with E-state index in [0.29, 0.717) is 23.4 Å². The van der Waals surface area contributed by atoms with Crippen LogP contribution in [0.3, 0.4) is 0 Å². The highest BCUT2D eigenvalue weighted by atomic mass is 16.5. The van der Waals surface area contributed by atoms with Gasteiger partial charge in [0.15, 0.2) is 6.29 Å². The minimum Gasteiger partial charge on any atom is -0.481 e. The molecule has 0 radical (unpaired) electrons. The third-order valence-corrected chi connectivity index (χ3v) is 2.20. The van der Waals surface area contributed by atoms with Gasteiger partial charge in [-0.05, 0) is 6.07 Å². The van der Waals surface area contributed by atoms with Crippen LogP contribution in [0, 0.1) is 0 Å². The monoisotopic (exact) mass is 217 g/mol. The van der Waals surface area contributed by atoms with Gasteiger partial charge in [0.25, 0.3) is 0 Å². The van der Waals surface area contributed by atoms with Crippen molar-refractivity contribution in [3.8, 4) is 17.1 Å². The van der Waals surface area contributed by atoms with Crippen molar-refractivity contribution in [1.29, 1.82) is 0 Å². The number of nitrogens with zero attached hydrogens (tertiary/aromatic N) is 3. The van der Waals surface area contributed by atoms with Crippen LogP contribution in [0.2, 0.25) is 0 Å². The lowest BCUT2D eigenvalue weighted by Crippen LogP contribution is -1.95. The Morgan fingerprint density at radius 2 is 2.25 bits per heavy atom. The van der Waals surface area contributed by atoms with Gasteiger partial charge in [0.1, 0.15) is 5.69 Å². The Morgan fingerprint density at radius 1 is 1.44 bits per heavy atom. The molecule has 0 fully saturated rings. The summed E-state index contributed by atoms with van der Waals surface area (Å²) in [5, 5.41) is 0. The molecule has 5 heteroatoms. The normalized spacial score (nSPS) is 10.1. The summed E-state index contributed by atoms with van der Waals surface area (Å²) >= 11 is 0. The second kappa shape index (κ2) is 4.14. The Hall–Kier alpha value is -2.17. The van der Waals surface area contributed by atoms with Gasteiger partial charge in [0.05, 0.1) is 19.1 Å². The number of aromatic nitrogens is 3. The fraction of sp³-hybridized carbons (Fsp3) is 0.182. The molecule has 5 nitrogen and oxygen atoms in total. The summed E-state index contributed by atoms with van der Waals surface area (Å²) in [6, 6.07) is 3.48. The molecule has 2 heterocycles. The van der Waals surface area contributed by atoms with Gasteiger partial charge in [-0.3, -0.25) is 4.79 Å². The van der Waals surface area contributed by atoms with Gasteiger partial charge in [-0.2, -0.15) is 0 Å². The number of pyridine rings is 1. The molecule has 2 aromatic heterocycles. The quantitative estimate of drug-likeness (QED) is 0.727. The molecule has 0 amide bonds. The van der Waals surface area contributed by atoms with E-state index in [4.69, 9.17) is 4.74 Å². The van der Waals surface area contributed by atoms with E-state index in [1.807, 2.05) is 17.8 Å². The second-order valence-corrected chi connectivity index (χ2v) is 3.33. The van der Waals surface area contributed by atoms with E-state index in [2.05, 4.69) is 9.97 Å². The number of hydrogen-bond acceptors (Lipinski definition) is 4. The molecule has 0 saturated carbocycles.